The highest BCUT2D eigenvalue weighted by Crippen LogP contribution is 2.21. The lowest BCUT2D eigenvalue weighted by molar-refractivity contribution is 0.0982. The molecule has 0 aliphatic carbocycles. The monoisotopic (exact) mass is 266 g/mol. The Balaban J connectivity index is 2.30. The molecule has 0 atom stereocenters. The Kier molecular flexibility index (Phi) is 3.52. The summed E-state index contributed by atoms with van der Waals surface area (Å²) in [5.74, 6) is -0.00787. The molecule has 2 heterocycles. The van der Waals surface area contributed by atoms with Crippen LogP contribution < -0.4 is 0 Å². The molecule has 2 aromatic heterocycles. The van der Waals surface area contributed by atoms with E-state index >= 15 is 0 Å². The van der Waals surface area contributed by atoms with Crippen LogP contribution in [0.2, 0.25) is 5.02 Å². The Labute approximate surface area is 110 Å². The first-order chi connectivity index (χ1) is 8.54. The van der Waals surface area contributed by atoms with Crippen molar-refractivity contribution in [2.75, 3.05) is 0 Å². The number of rotatable bonds is 4. The van der Waals surface area contributed by atoms with E-state index in [2.05, 4.69) is 10.1 Å². The third-order valence-corrected chi connectivity index (χ3v) is 3.37. The quantitative estimate of drug-likeness (QED) is 0.796. The summed E-state index contributed by atoms with van der Waals surface area (Å²) in [6.45, 7) is 4.51. The molecule has 18 heavy (non-hydrogen) atoms. The summed E-state index contributed by atoms with van der Waals surface area (Å²) in [4.78, 5) is 16.1. The minimum Gasteiger partial charge on any atom is -0.331 e. The molecule has 0 unspecified atom stereocenters. The van der Waals surface area contributed by atoms with Crippen LogP contribution in [0.4, 0.5) is 0 Å². The predicted octanol–water partition coefficient (Wildman–Crippen LogP) is 2.02. The third kappa shape index (κ3) is 2.18. The van der Waals surface area contributed by atoms with E-state index in [-0.39, 0.29) is 12.2 Å². The molecule has 0 aliphatic rings. The number of aryl methyl sites for hydroxylation is 3. The van der Waals surface area contributed by atoms with Crippen LogP contribution in [-0.4, -0.2) is 25.1 Å². The second-order valence-corrected chi connectivity index (χ2v) is 4.53. The van der Waals surface area contributed by atoms with Crippen molar-refractivity contribution >= 4 is 17.4 Å². The van der Waals surface area contributed by atoms with Gasteiger partial charge in [-0.25, -0.2) is 4.98 Å². The Morgan fingerprint density at radius 1 is 1.50 bits per heavy atom. The molecule has 6 heteroatoms. The molecule has 0 saturated heterocycles. The van der Waals surface area contributed by atoms with E-state index in [0.717, 1.165) is 11.4 Å². The molecule has 5 nitrogen and oxygen atoms in total. The second kappa shape index (κ2) is 4.94. The maximum Gasteiger partial charge on any atom is 0.186 e. The Bertz CT molecular complexity index is 585. The number of carbonyl (C=O) groups is 1. The summed E-state index contributed by atoms with van der Waals surface area (Å²) in [6, 6.07) is 0. The van der Waals surface area contributed by atoms with Crippen LogP contribution in [0.5, 0.6) is 0 Å². The Hall–Kier alpha value is -1.62. The smallest absolute Gasteiger partial charge is 0.186 e. The fraction of sp³-hybridized carbons (Fsp3) is 0.417. The van der Waals surface area contributed by atoms with Gasteiger partial charge in [0.15, 0.2) is 5.78 Å². The van der Waals surface area contributed by atoms with Gasteiger partial charge in [0.1, 0.15) is 5.69 Å². The first kappa shape index (κ1) is 12.8. The van der Waals surface area contributed by atoms with Gasteiger partial charge in [-0.15, -0.1) is 0 Å². The maximum absolute atomic E-state index is 12.2. The molecule has 0 N–H and O–H groups in total. The molecule has 0 aromatic carbocycles. The van der Waals surface area contributed by atoms with Crippen LogP contribution in [-0.2, 0) is 20.0 Å². The summed E-state index contributed by atoms with van der Waals surface area (Å²) < 4.78 is 3.47. The molecule has 0 aliphatic heterocycles. The zero-order valence-electron chi connectivity index (χ0n) is 10.6. The molecule has 0 bridgehead atoms. The van der Waals surface area contributed by atoms with Crippen molar-refractivity contribution in [3.05, 3.63) is 34.6 Å². The number of hydrogen-bond acceptors (Lipinski definition) is 3. The average Bonchev–Trinajstić information content (AvgIpc) is 2.87. The van der Waals surface area contributed by atoms with Crippen molar-refractivity contribution < 1.29 is 4.79 Å². The van der Waals surface area contributed by atoms with Crippen LogP contribution in [0, 0.1) is 6.92 Å². The van der Waals surface area contributed by atoms with Crippen molar-refractivity contribution in [1.82, 2.24) is 19.3 Å². The average molecular weight is 267 g/mol. The summed E-state index contributed by atoms with van der Waals surface area (Å²) in [5.41, 5.74) is 2.10. The van der Waals surface area contributed by atoms with E-state index in [1.165, 1.54) is 0 Å². The van der Waals surface area contributed by atoms with E-state index in [4.69, 9.17) is 11.6 Å². The van der Waals surface area contributed by atoms with Crippen molar-refractivity contribution in [3.8, 4) is 0 Å². The predicted molar refractivity (Wildman–Crippen MR) is 68.9 cm³/mol. The standard InChI is InChI=1S/C12H15ClN4O/c1-4-17-9(12(13)8(2)15-17)5-11(18)10-6-14-7-16(10)3/h6-7H,4-5H2,1-3H3. The fourth-order valence-corrected chi connectivity index (χ4v) is 2.11. The molecule has 0 fully saturated rings. The topological polar surface area (TPSA) is 52.7 Å². The summed E-state index contributed by atoms with van der Waals surface area (Å²) in [6.07, 6.45) is 3.42. The van der Waals surface area contributed by atoms with Crippen molar-refractivity contribution in [2.24, 2.45) is 7.05 Å². The van der Waals surface area contributed by atoms with Crippen LogP contribution in [0.15, 0.2) is 12.5 Å². The van der Waals surface area contributed by atoms with E-state index in [9.17, 15) is 4.79 Å². The molecule has 0 radical (unpaired) electrons. The lowest BCUT2D eigenvalue weighted by Gasteiger charge is -2.05. The van der Waals surface area contributed by atoms with E-state index in [1.54, 1.807) is 28.8 Å². The van der Waals surface area contributed by atoms with Gasteiger partial charge >= 0.3 is 0 Å². The maximum atomic E-state index is 12.2. The minimum atomic E-state index is -0.00787. The van der Waals surface area contributed by atoms with Crippen molar-refractivity contribution in [1.29, 1.82) is 0 Å². The minimum absolute atomic E-state index is 0.00787. The Morgan fingerprint density at radius 2 is 2.22 bits per heavy atom. The largest absolute Gasteiger partial charge is 0.331 e. The zero-order valence-corrected chi connectivity index (χ0v) is 11.4. The first-order valence-corrected chi connectivity index (χ1v) is 6.13. The number of aromatic nitrogens is 4. The molecule has 0 saturated carbocycles. The SMILES string of the molecule is CCn1nc(C)c(Cl)c1CC(=O)c1cncn1C. The molecule has 2 aromatic rings. The van der Waals surface area contributed by atoms with Crippen LogP contribution in [0.25, 0.3) is 0 Å². The van der Waals surface area contributed by atoms with E-state index in [1.807, 2.05) is 13.8 Å². The van der Waals surface area contributed by atoms with Gasteiger partial charge in [-0.3, -0.25) is 9.48 Å². The second-order valence-electron chi connectivity index (χ2n) is 4.15. The van der Waals surface area contributed by atoms with Gasteiger partial charge in [0.2, 0.25) is 0 Å². The molecule has 0 spiro atoms. The first-order valence-electron chi connectivity index (χ1n) is 5.75. The highest BCUT2D eigenvalue weighted by Gasteiger charge is 2.18. The normalized spacial score (nSPS) is 10.9. The zero-order chi connectivity index (χ0) is 13.3. The highest BCUT2D eigenvalue weighted by molar-refractivity contribution is 6.32. The van der Waals surface area contributed by atoms with Crippen molar-refractivity contribution in [2.45, 2.75) is 26.8 Å². The number of Topliss-reactive ketones (excluding diaryl/α,β-unsaturated/α-hetero) is 1. The van der Waals surface area contributed by atoms with Gasteiger partial charge in [-0.05, 0) is 13.8 Å². The van der Waals surface area contributed by atoms with Gasteiger partial charge in [0.05, 0.1) is 35.4 Å². The number of ketones is 1. The number of nitrogens with zero attached hydrogens (tertiary/aromatic N) is 4. The molecular formula is C12H15ClN4O. The lowest BCUT2D eigenvalue weighted by Crippen LogP contribution is -2.12. The van der Waals surface area contributed by atoms with E-state index < -0.39 is 0 Å². The van der Waals surface area contributed by atoms with Crippen molar-refractivity contribution in [3.63, 3.8) is 0 Å². The number of imidazole rings is 1. The lowest BCUT2D eigenvalue weighted by atomic mass is 10.1. The van der Waals surface area contributed by atoms with Crippen LogP contribution in [0.3, 0.4) is 0 Å². The van der Waals surface area contributed by atoms with Gasteiger partial charge in [0, 0.05) is 13.6 Å². The molecule has 96 valence electrons. The third-order valence-electron chi connectivity index (χ3n) is 2.88. The van der Waals surface area contributed by atoms with Gasteiger partial charge in [-0.1, -0.05) is 11.6 Å². The Morgan fingerprint density at radius 3 is 2.78 bits per heavy atom. The highest BCUT2D eigenvalue weighted by atomic mass is 35.5. The number of hydrogen-bond donors (Lipinski definition) is 0. The number of carbonyl (C=O) groups excluding carboxylic acids is 1. The fourth-order valence-electron chi connectivity index (χ4n) is 1.91. The molecule has 2 rings (SSSR count). The molecular weight excluding hydrogens is 252 g/mol. The summed E-state index contributed by atoms with van der Waals surface area (Å²) in [5, 5.41) is 4.87. The van der Waals surface area contributed by atoms with Gasteiger partial charge < -0.3 is 4.57 Å². The molecule has 0 amide bonds. The van der Waals surface area contributed by atoms with Gasteiger partial charge in [0.25, 0.3) is 0 Å². The van der Waals surface area contributed by atoms with Gasteiger partial charge in [-0.2, -0.15) is 5.10 Å². The summed E-state index contributed by atoms with van der Waals surface area (Å²) >= 11 is 6.18. The number of halogens is 1. The van der Waals surface area contributed by atoms with E-state index in [0.29, 0.717) is 17.3 Å². The van der Waals surface area contributed by atoms with Crippen LogP contribution >= 0.6 is 11.6 Å². The van der Waals surface area contributed by atoms with Crippen LogP contribution in [0.1, 0.15) is 28.8 Å². The summed E-state index contributed by atoms with van der Waals surface area (Å²) in [7, 11) is 1.80.